The lowest BCUT2D eigenvalue weighted by atomic mass is 9.54. The highest BCUT2D eigenvalue weighted by Crippen LogP contribution is 2.50. The largest absolute Gasteiger partial charge is 0.378 e. The second kappa shape index (κ2) is 6.78. The Labute approximate surface area is 152 Å². The molecule has 0 spiro atoms. The molecule has 0 bridgehead atoms. The van der Waals surface area contributed by atoms with Crippen molar-refractivity contribution in [1.82, 2.24) is 5.32 Å². The molecule has 1 aromatic rings. The van der Waals surface area contributed by atoms with Crippen molar-refractivity contribution < 1.29 is 18.3 Å². The Kier molecular flexibility index (Phi) is 4.96. The van der Waals surface area contributed by atoms with Crippen LogP contribution in [0.25, 0.3) is 0 Å². The number of nitrogens with two attached hydrogens (primary N) is 1. The molecule has 3 unspecified atom stereocenters. The summed E-state index contributed by atoms with van der Waals surface area (Å²) in [6.45, 7) is 7.21. The van der Waals surface area contributed by atoms with Gasteiger partial charge in [-0.15, -0.1) is 0 Å². The highest BCUT2D eigenvalue weighted by atomic mass is 19.1. The molecular formula is C19H27F2N3O2. The summed E-state index contributed by atoms with van der Waals surface area (Å²) in [5.74, 6) is -1.40. The number of ether oxygens (including phenoxy) is 1. The van der Waals surface area contributed by atoms with Gasteiger partial charge in [-0.05, 0) is 25.5 Å². The van der Waals surface area contributed by atoms with Gasteiger partial charge in [-0.25, -0.2) is 8.78 Å². The predicted molar refractivity (Wildman–Crippen MR) is 95.8 cm³/mol. The summed E-state index contributed by atoms with van der Waals surface area (Å²) in [5.41, 5.74) is 4.89. The molecule has 1 amide bonds. The summed E-state index contributed by atoms with van der Waals surface area (Å²) in [5, 5.41) is 2.97. The summed E-state index contributed by atoms with van der Waals surface area (Å²) in [4.78, 5) is 14.4. The molecule has 2 fully saturated rings. The van der Waals surface area contributed by atoms with E-state index in [2.05, 4.69) is 5.32 Å². The van der Waals surface area contributed by atoms with Crippen LogP contribution in [0.4, 0.5) is 14.5 Å². The van der Waals surface area contributed by atoms with Crippen LogP contribution in [-0.2, 0) is 9.53 Å². The van der Waals surface area contributed by atoms with Crippen molar-refractivity contribution in [2.75, 3.05) is 24.6 Å². The van der Waals surface area contributed by atoms with Crippen LogP contribution in [0.2, 0.25) is 0 Å². The smallest absolute Gasteiger partial charge is 0.241 e. The Morgan fingerprint density at radius 1 is 1.38 bits per heavy atom. The fourth-order valence-corrected chi connectivity index (χ4v) is 4.01. The number of benzene rings is 1. The molecule has 26 heavy (non-hydrogen) atoms. The van der Waals surface area contributed by atoms with Gasteiger partial charge in [0, 0.05) is 37.6 Å². The summed E-state index contributed by atoms with van der Waals surface area (Å²) in [7, 11) is 0. The maximum atomic E-state index is 14.0. The van der Waals surface area contributed by atoms with Gasteiger partial charge >= 0.3 is 0 Å². The van der Waals surface area contributed by atoms with E-state index in [0.717, 1.165) is 0 Å². The Hall–Kier alpha value is -1.73. The van der Waals surface area contributed by atoms with E-state index in [-0.39, 0.29) is 23.7 Å². The van der Waals surface area contributed by atoms with Crippen molar-refractivity contribution in [2.24, 2.45) is 11.1 Å². The summed E-state index contributed by atoms with van der Waals surface area (Å²) in [6.07, 6.45) is 1.04. The number of carbonyl (C=O) groups excluding carboxylic acids is 1. The molecule has 3 atom stereocenters. The normalized spacial score (nSPS) is 30.2. The Balaban J connectivity index is 1.63. The standard InChI is InChI=1S/C19H27F2N3O2/c1-4-26-15-10-19(22,18(15,2)3)17(25)23-12-8-9-24(11-12)16-13(20)6-5-7-14(16)21/h5-7,12,15H,4,8-11,22H2,1-3H3,(H,23,25). The van der Waals surface area contributed by atoms with Crippen LogP contribution in [0.5, 0.6) is 0 Å². The molecule has 3 N–H and O–H groups in total. The maximum Gasteiger partial charge on any atom is 0.241 e. The molecule has 1 aliphatic carbocycles. The third-order valence-electron chi connectivity index (χ3n) is 6.01. The predicted octanol–water partition coefficient (Wildman–Crippen LogP) is 2.19. The van der Waals surface area contributed by atoms with Crippen LogP contribution >= 0.6 is 0 Å². The van der Waals surface area contributed by atoms with Crippen LogP contribution in [0, 0.1) is 17.0 Å². The van der Waals surface area contributed by atoms with Gasteiger partial charge in [0.1, 0.15) is 22.9 Å². The molecule has 5 nitrogen and oxygen atoms in total. The maximum absolute atomic E-state index is 14.0. The van der Waals surface area contributed by atoms with E-state index in [1.165, 1.54) is 18.2 Å². The Morgan fingerprint density at radius 2 is 2.04 bits per heavy atom. The van der Waals surface area contributed by atoms with Crippen molar-refractivity contribution >= 4 is 11.6 Å². The number of halogens is 2. The molecule has 2 aliphatic rings. The number of para-hydroxylation sites is 1. The molecule has 1 aromatic carbocycles. The molecule has 0 aromatic heterocycles. The molecule has 1 saturated heterocycles. The lowest BCUT2D eigenvalue weighted by molar-refractivity contribution is -0.171. The Bertz CT molecular complexity index is 677. The van der Waals surface area contributed by atoms with E-state index in [4.69, 9.17) is 10.5 Å². The van der Waals surface area contributed by atoms with Gasteiger partial charge in [-0.1, -0.05) is 19.9 Å². The topological polar surface area (TPSA) is 67.6 Å². The lowest BCUT2D eigenvalue weighted by Gasteiger charge is -2.57. The fourth-order valence-electron chi connectivity index (χ4n) is 4.01. The first-order valence-corrected chi connectivity index (χ1v) is 9.11. The van der Waals surface area contributed by atoms with Gasteiger partial charge in [0.2, 0.25) is 5.91 Å². The van der Waals surface area contributed by atoms with E-state index in [1.54, 1.807) is 4.90 Å². The summed E-state index contributed by atoms with van der Waals surface area (Å²) < 4.78 is 33.6. The minimum Gasteiger partial charge on any atom is -0.378 e. The zero-order valence-corrected chi connectivity index (χ0v) is 15.5. The minimum absolute atomic E-state index is 0.0351. The number of anilines is 1. The fraction of sp³-hybridized carbons (Fsp3) is 0.632. The third-order valence-corrected chi connectivity index (χ3v) is 6.01. The van der Waals surface area contributed by atoms with E-state index < -0.39 is 22.6 Å². The van der Waals surface area contributed by atoms with Crippen LogP contribution in [-0.4, -0.2) is 43.3 Å². The molecule has 7 heteroatoms. The molecule has 0 radical (unpaired) electrons. The summed E-state index contributed by atoms with van der Waals surface area (Å²) >= 11 is 0. The second-order valence-electron chi connectivity index (χ2n) is 7.82. The highest BCUT2D eigenvalue weighted by Gasteiger charge is 2.63. The zero-order chi connectivity index (χ0) is 19.1. The van der Waals surface area contributed by atoms with Gasteiger partial charge in [-0.2, -0.15) is 0 Å². The molecule has 144 valence electrons. The average molecular weight is 367 g/mol. The minimum atomic E-state index is -0.997. The van der Waals surface area contributed by atoms with E-state index >= 15 is 0 Å². The zero-order valence-electron chi connectivity index (χ0n) is 15.5. The number of hydrogen-bond donors (Lipinski definition) is 2. The van der Waals surface area contributed by atoms with Gasteiger partial charge in [-0.3, -0.25) is 4.79 Å². The third kappa shape index (κ3) is 2.97. The molecule has 3 rings (SSSR count). The van der Waals surface area contributed by atoms with Gasteiger partial charge in [0.05, 0.1) is 6.10 Å². The van der Waals surface area contributed by atoms with Crippen LogP contribution in [0.1, 0.15) is 33.6 Å². The van der Waals surface area contributed by atoms with Crippen molar-refractivity contribution in [3.8, 4) is 0 Å². The van der Waals surface area contributed by atoms with Crippen molar-refractivity contribution in [1.29, 1.82) is 0 Å². The number of amides is 1. The number of hydrogen-bond acceptors (Lipinski definition) is 4. The van der Waals surface area contributed by atoms with E-state index in [9.17, 15) is 13.6 Å². The van der Waals surface area contributed by atoms with Crippen LogP contribution < -0.4 is 16.0 Å². The number of nitrogens with zero attached hydrogens (tertiary/aromatic N) is 1. The molecule has 1 aliphatic heterocycles. The van der Waals surface area contributed by atoms with E-state index in [0.29, 0.717) is 32.5 Å². The SMILES string of the molecule is CCOC1CC(N)(C(=O)NC2CCN(c3c(F)cccc3F)C2)C1(C)C. The monoisotopic (exact) mass is 367 g/mol. The first-order chi connectivity index (χ1) is 12.2. The summed E-state index contributed by atoms with van der Waals surface area (Å²) in [6, 6.07) is 3.63. The van der Waals surface area contributed by atoms with Crippen molar-refractivity contribution in [3.63, 3.8) is 0 Å². The quantitative estimate of drug-likeness (QED) is 0.837. The van der Waals surface area contributed by atoms with Gasteiger partial charge in [0.25, 0.3) is 0 Å². The molecule has 1 saturated carbocycles. The molecule has 1 heterocycles. The lowest BCUT2D eigenvalue weighted by Crippen LogP contribution is -2.76. The number of carbonyl (C=O) groups is 1. The Morgan fingerprint density at radius 3 is 2.62 bits per heavy atom. The highest BCUT2D eigenvalue weighted by molar-refractivity contribution is 5.89. The van der Waals surface area contributed by atoms with E-state index in [1.807, 2.05) is 20.8 Å². The number of rotatable bonds is 5. The first kappa shape index (κ1) is 19.0. The van der Waals surface area contributed by atoms with Gasteiger partial charge in [0.15, 0.2) is 0 Å². The second-order valence-corrected chi connectivity index (χ2v) is 7.82. The van der Waals surface area contributed by atoms with Crippen molar-refractivity contribution in [2.45, 2.75) is 51.3 Å². The van der Waals surface area contributed by atoms with Crippen LogP contribution in [0.3, 0.4) is 0 Å². The van der Waals surface area contributed by atoms with Crippen LogP contribution in [0.15, 0.2) is 18.2 Å². The van der Waals surface area contributed by atoms with Crippen molar-refractivity contribution in [3.05, 3.63) is 29.8 Å². The molecular weight excluding hydrogens is 340 g/mol. The number of nitrogens with one attached hydrogen (secondary N) is 1. The average Bonchev–Trinajstić information content (AvgIpc) is 3.02. The first-order valence-electron chi connectivity index (χ1n) is 9.11. The van der Waals surface area contributed by atoms with Gasteiger partial charge < -0.3 is 20.7 Å².